The van der Waals surface area contributed by atoms with Crippen molar-refractivity contribution in [2.24, 2.45) is 0 Å². The second-order valence-electron chi connectivity index (χ2n) is 5.53. The lowest BCUT2D eigenvalue weighted by atomic mass is 10.2. The van der Waals surface area contributed by atoms with Gasteiger partial charge < -0.3 is 10.2 Å². The SMILES string of the molecule is O=C(O)c1cnc2c(c1)nc(-c1ccc(O)cc1)n2-c1ccccc1. The first-order chi connectivity index (χ1) is 12.1. The van der Waals surface area contributed by atoms with Gasteiger partial charge in [0.25, 0.3) is 0 Å². The van der Waals surface area contributed by atoms with Gasteiger partial charge in [0.05, 0.1) is 5.56 Å². The number of rotatable bonds is 3. The van der Waals surface area contributed by atoms with Crippen molar-refractivity contribution < 1.29 is 15.0 Å². The molecule has 2 heterocycles. The van der Waals surface area contributed by atoms with Crippen molar-refractivity contribution >= 4 is 17.1 Å². The summed E-state index contributed by atoms with van der Waals surface area (Å²) in [7, 11) is 0. The second-order valence-corrected chi connectivity index (χ2v) is 5.53. The molecule has 122 valence electrons. The Labute approximate surface area is 142 Å². The molecule has 0 spiro atoms. The highest BCUT2D eigenvalue weighted by atomic mass is 16.4. The molecular weight excluding hydrogens is 318 g/mol. The monoisotopic (exact) mass is 331 g/mol. The Hall–Kier alpha value is -3.67. The number of benzene rings is 2. The summed E-state index contributed by atoms with van der Waals surface area (Å²) in [6, 6.07) is 17.8. The molecule has 0 unspecified atom stereocenters. The number of aromatic carboxylic acids is 1. The third-order valence-corrected chi connectivity index (χ3v) is 3.88. The zero-order valence-corrected chi connectivity index (χ0v) is 13.0. The number of aromatic nitrogens is 3. The number of nitrogens with zero attached hydrogens (tertiary/aromatic N) is 3. The van der Waals surface area contributed by atoms with Crippen molar-refractivity contribution in [3.63, 3.8) is 0 Å². The molecule has 2 aromatic carbocycles. The summed E-state index contributed by atoms with van der Waals surface area (Å²) in [5, 5.41) is 18.7. The summed E-state index contributed by atoms with van der Waals surface area (Å²) in [6.07, 6.45) is 1.33. The molecule has 25 heavy (non-hydrogen) atoms. The van der Waals surface area contributed by atoms with Gasteiger partial charge >= 0.3 is 5.97 Å². The molecule has 4 rings (SSSR count). The van der Waals surface area contributed by atoms with Gasteiger partial charge in [-0.15, -0.1) is 0 Å². The fourth-order valence-electron chi connectivity index (χ4n) is 2.71. The Morgan fingerprint density at radius 1 is 1.00 bits per heavy atom. The number of phenols is 1. The fraction of sp³-hybridized carbons (Fsp3) is 0. The molecule has 2 aromatic heterocycles. The van der Waals surface area contributed by atoms with Gasteiger partial charge in [0, 0.05) is 17.4 Å². The predicted octanol–water partition coefficient (Wildman–Crippen LogP) is 3.49. The van der Waals surface area contributed by atoms with Gasteiger partial charge in [-0.2, -0.15) is 0 Å². The maximum absolute atomic E-state index is 11.2. The number of carboxylic acid groups (broad SMARTS) is 1. The second kappa shape index (κ2) is 5.76. The summed E-state index contributed by atoms with van der Waals surface area (Å²) < 4.78 is 1.87. The van der Waals surface area contributed by atoms with Crippen LogP contribution in [-0.2, 0) is 0 Å². The van der Waals surface area contributed by atoms with Crippen LogP contribution in [0, 0.1) is 0 Å². The number of carbonyl (C=O) groups is 1. The van der Waals surface area contributed by atoms with E-state index in [1.54, 1.807) is 24.3 Å². The van der Waals surface area contributed by atoms with E-state index < -0.39 is 5.97 Å². The van der Waals surface area contributed by atoms with Crippen LogP contribution in [-0.4, -0.2) is 30.7 Å². The van der Waals surface area contributed by atoms with E-state index in [9.17, 15) is 15.0 Å². The van der Waals surface area contributed by atoms with Crippen LogP contribution in [0.15, 0.2) is 66.9 Å². The molecule has 0 amide bonds. The summed E-state index contributed by atoms with van der Waals surface area (Å²) in [5.74, 6) is -0.261. The standard InChI is InChI=1S/C19H13N3O3/c23-15-8-6-12(7-9-15)17-21-16-10-13(19(24)25)11-20-18(16)22(17)14-4-2-1-3-5-14/h1-11,23H,(H,24,25). The Bertz CT molecular complexity index is 1070. The minimum Gasteiger partial charge on any atom is -0.508 e. The quantitative estimate of drug-likeness (QED) is 0.600. The van der Waals surface area contributed by atoms with Crippen LogP contribution in [0.1, 0.15) is 10.4 Å². The summed E-state index contributed by atoms with van der Waals surface area (Å²) >= 11 is 0. The van der Waals surface area contributed by atoms with E-state index in [-0.39, 0.29) is 11.3 Å². The smallest absolute Gasteiger partial charge is 0.337 e. The van der Waals surface area contributed by atoms with E-state index in [1.165, 1.54) is 12.3 Å². The lowest BCUT2D eigenvalue weighted by molar-refractivity contribution is 0.0696. The number of phenolic OH excluding ortho intramolecular Hbond substituents is 1. The highest BCUT2D eigenvalue weighted by Crippen LogP contribution is 2.28. The first-order valence-corrected chi connectivity index (χ1v) is 7.60. The predicted molar refractivity (Wildman–Crippen MR) is 92.9 cm³/mol. The first kappa shape index (κ1) is 14.9. The van der Waals surface area contributed by atoms with Crippen molar-refractivity contribution in [3.8, 4) is 22.8 Å². The number of para-hydroxylation sites is 1. The third-order valence-electron chi connectivity index (χ3n) is 3.88. The van der Waals surface area contributed by atoms with Gasteiger partial charge in [0.2, 0.25) is 0 Å². The van der Waals surface area contributed by atoms with Crippen LogP contribution in [0.5, 0.6) is 5.75 Å². The van der Waals surface area contributed by atoms with E-state index in [0.717, 1.165) is 11.3 Å². The Kier molecular flexibility index (Phi) is 3.43. The molecule has 0 aliphatic rings. The lowest BCUT2D eigenvalue weighted by Crippen LogP contribution is -2.00. The molecule has 0 saturated carbocycles. The molecule has 0 fully saturated rings. The van der Waals surface area contributed by atoms with Gasteiger partial charge in [-0.1, -0.05) is 18.2 Å². The van der Waals surface area contributed by atoms with Crippen molar-refractivity contribution in [3.05, 3.63) is 72.4 Å². The van der Waals surface area contributed by atoms with E-state index in [2.05, 4.69) is 9.97 Å². The number of hydrogen-bond donors (Lipinski definition) is 2. The van der Waals surface area contributed by atoms with Crippen LogP contribution >= 0.6 is 0 Å². The maximum Gasteiger partial charge on any atom is 0.337 e. The van der Waals surface area contributed by atoms with E-state index in [0.29, 0.717) is 17.0 Å². The number of aromatic hydroxyl groups is 1. The van der Waals surface area contributed by atoms with E-state index in [1.807, 2.05) is 34.9 Å². The highest BCUT2D eigenvalue weighted by molar-refractivity contribution is 5.92. The molecule has 0 atom stereocenters. The normalized spacial score (nSPS) is 10.9. The van der Waals surface area contributed by atoms with Crippen molar-refractivity contribution in [1.29, 1.82) is 0 Å². The van der Waals surface area contributed by atoms with E-state index >= 15 is 0 Å². The fourth-order valence-corrected chi connectivity index (χ4v) is 2.71. The molecule has 6 nitrogen and oxygen atoms in total. The van der Waals surface area contributed by atoms with Gasteiger partial charge in [0.15, 0.2) is 5.65 Å². The number of imidazole rings is 1. The van der Waals surface area contributed by atoms with Gasteiger partial charge in [-0.3, -0.25) is 4.57 Å². The molecule has 2 N–H and O–H groups in total. The number of fused-ring (bicyclic) bond motifs is 1. The molecule has 4 aromatic rings. The largest absolute Gasteiger partial charge is 0.508 e. The molecule has 0 aliphatic carbocycles. The average Bonchev–Trinajstić information content (AvgIpc) is 3.01. The first-order valence-electron chi connectivity index (χ1n) is 7.60. The van der Waals surface area contributed by atoms with Gasteiger partial charge in [-0.05, 0) is 42.5 Å². The van der Waals surface area contributed by atoms with Crippen LogP contribution in [0.25, 0.3) is 28.2 Å². The minimum atomic E-state index is -1.05. The molecule has 0 bridgehead atoms. The Morgan fingerprint density at radius 2 is 1.72 bits per heavy atom. The number of hydrogen-bond acceptors (Lipinski definition) is 4. The maximum atomic E-state index is 11.2. The van der Waals surface area contributed by atoms with Crippen LogP contribution < -0.4 is 0 Å². The molecule has 0 saturated heterocycles. The molecular formula is C19H13N3O3. The average molecular weight is 331 g/mol. The zero-order chi connectivity index (χ0) is 17.4. The van der Waals surface area contributed by atoms with Crippen LogP contribution in [0.3, 0.4) is 0 Å². The van der Waals surface area contributed by atoms with E-state index in [4.69, 9.17) is 0 Å². The Morgan fingerprint density at radius 3 is 2.40 bits per heavy atom. The van der Waals surface area contributed by atoms with Crippen molar-refractivity contribution in [2.75, 3.05) is 0 Å². The molecule has 6 heteroatoms. The summed E-state index contributed by atoms with van der Waals surface area (Å²) in [6.45, 7) is 0. The van der Waals surface area contributed by atoms with Gasteiger partial charge in [-0.25, -0.2) is 14.8 Å². The van der Waals surface area contributed by atoms with Gasteiger partial charge in [0.1, 0.15) is 17.1 Å². The highest BCUT2D eigenvalue weighted by Gasteiger charge is 2.17. The Balaban J connectivity index is 2.03. The molecule has 0 aliphatic heterocycles. The topological polar surface area (TPSA) is 88.2 Å². The minimum absolute atomic E-state index is 0.0856. The number of pyridine rings is 1. The third kappa shape index (κ3) is 2.59. The van der Waals surface area contributed by atoms with Crippen molar-refractivity contribution in [1.82, 2.24) is 14.5 Å². The number of carboxylic acids is 1. The molecule has 0 radical (unpaired) electrons. The zero-order valence-electron chi connectivity index (χ0n) is 13.0. The summed E-state index contributed by atoms with van der Waals surface area (Å²) in [4.78, 5) is 20.1. The summed E-state index contributed by atoms with van der Waals surface area (Å²) in [5.41, 5.74) is 2.80. The van der Waals surface area contributed by atoms with Crippen molar-refractivity contribution in [2.45, 2.75) is 0 Å². The lowest BCUT2D eigenvalue weighted by Gasteiger charge is -2.08. The van der Waals surface area contributed by atoms with Crippen LogP contribution in [0.4, 0.5) is 0 Å². The van der Waals surface area contributed by atoms with Crippen LogP contribution in [0.2, 0.25) is 0 Å².